The van der Waals surface area contributed by atoms with Gasteiger partial charge in [0.2, 0.25) is 0 Å². The molecule has 1 N–H and O–H groups in total. The van der Waals surface area contributed by atoms with E-state index in [0.717, 1.165) is 5.56 Å². The molecule has 6 nitrogen and oxygen atoms in total. The highest BCUT2D eigenvalue weighted by molar-refractivity contribution is 6.40. The molecule has 0 aromatic heterocycles. The number of esters is 1. The molecule has 0 bridgehead atoms. The summed E-state index contributed by atoms with van der Waals surface area (Å²) in [5.74, 6) is -0.560. The van der Waals surface area contributed by atoms with Gasteiger partial charge in [0.1, 0.15) is 11.6 Å². The van der Waals surface area contributed by atoms with Gasteiger partial charge >= 0.3 is 12.1 Å². The average Bonchev–Trinajstić information content (AvgIpc) is 2.85. The predicted molar refractivity (Wildman–Crippen MR) is 91.4 cm³/mol. The number of para-hydroxylation sites is 1. The van der Waals surface area contributed by atoms with Crippen molar-refractivity contribution in [3.8, 4) is 0 Å². The number of rotatable bonds is 5. The van der Waals surface area contributed by atoms with Gasteiger partial charge in [-0.25, -0.2) is 14.6 Å². The van der Waals surface area contributed by atoms with Crippen LogP contribution >= 0.6 is 0 Å². The number of carbonyl (C=O) groups is 2. The molecule has 2 rings (SSSR count). The molecule has 1 atom stereocenters. The molecule has 1 aliphatic heterocycles. The van der Waals surface area contributed by atoms with Crippen molar-refractivity contribution in [2.75, 3.05) is 6.61 Å². The van der Waals surface area contributed by atoms with Crippen LogP contribution in [0.3, 0.4) is 0 Å². The standard InChI is InChI=1S/C18H22N2O4/c1-5-6-11-23-17(22)20-14-12-9-7-8-10-13(12)19-15(14)16(21)24-18(2,3)4/h5,7-10,14H,1,6,11H2,2-4H3,(H,20,22). The SMILES string of the molecule is C=CCCOC(=O)NC1C(C(=O)OC(C)(C)C)=Nc2ccccc21. The Bertz CT molecular complexity index is 674. The quantitative estimate of drug-likeness (QED) is 0.509. The lowest BCUT2D eigenvalue weighted by atomic mass is 10.0. The number of amides is 1. The van der Waals surface area contributed by atoms with Crippen LogP contribution in [0.5, 0.6) is 0 Å². The van der Waals surface area contributed by atoms with E-state index in [1.807, 2.05) is 18.2 Å². The first kappa shape index (κ1) is 17.7. The van der Waals surface area contributed by atoms with Crippen LogP contribution in [0.4, 0.5) is 10.5 Å². The number of hydrogen-bond donors (Lipinski definition) is 1. The first-order chi connectivity index (χ1) is 11.3. The molecule has 0 spiro atoms. The molecule has 1 heterocycles. The summed E-state index contributed by atoms with van der Waals surface area (Å²) in [6.07, 6.45) is 1.60. The lowest BCUT2D eigenvalue weighted by Gasteiger charge is -2.22. The van der Waals surface area contributed by atoms with Crippen LogP contribution in [-0.2, 0) is 14.3 Å². The van der Waals surface area contributed by atoms with Crippen LogP contribution in [-0.4, -0.2) is 30.0 Å². The number of alkyl carbamates (subject to hydrolysis) is 1. The molecule has 1 amide bonds. The minimum absolute atomic E-state index is 0.145. The first-order valence-electron chi connectivity index (χ1n) is 7.77. The topological polar surface area (TPSA) is 77.0 Å². The van der Waals surface area contributed by atoms with E-state index in [0.29, 0.717) is 12.1 Å². The summed E-state index contributed by atoms with van der Waals surface area (Å²) in [4.78, 5) is 28.7. The number of fused-ring (bicyclic) bond motifs is 1. The van der Waals surface area contributed by atoms with Gasteiger partial charge in [-0.3, -0.25) is 0 Å². The summed E-state index contributed by atoms with van der Waals surface area (Å²) in [7, 11) is 0. The summed E-state index contributed by atoms with van der Waals surface area (Å²) < 4.78 is 10.4. The lowest BCUT2D eigenvalue weighted by Crippen LogP contribution is -2.38. The van der Waals surface area contributed by atoms with Crippen LogP contribution in [0.15, 0.2) is 41.9 Å². The Morgan fingerprint density at radius 3 is 2.71 bits per heavy atom. The van der Waals surface area contributed by atoms with Crippen molar-refractivity contribution in [2.45, 2.75) is 38.8 Å². The zero-order chi connectivity index (χ0) is 17.7. The van der Waals surface area contributed by atoms with Gasteiger partial charge in [0.05, 0.1) is 12.3 Å². The molecule has 0 radical (unpaired) electrons. The number of nitrogens with one attached hydrogen (secondary N) is 1. The predicted octanol–water partition coefficient (Wildman–Crippen LogP) is 3.46. The summed E-state index contributed by atoms with van der Waals surface area (Å²) in [5, 5.41) is 2.68. The molecule has 0 saturated carbocycles. The highest BCUT2D eigenvalue weighted by atomic mass is 16.6. The highest BCUT2D eigenvalue weighted by Gasteiger charge is 2.35. The van der Waals surface area contributed by atoms with E-state index in [1.165, 1.54) is 0 Å². The third-order valence-corrected chi connectivity index (χ3v) is 3.19. The Labute approximate surface area is 141 Å². The Morgan fingerprint density at radius 2 is 2.04 bits per heavy atom. The lowest BCUT2D eigenvalue weighted by molar-refractivity contribution is -0.146. The molecule has 0 saturated heterocycles. The van der Waals surface area contributed by atoms with Crippen LogP contribution < -0.4 is 5.32 Å². The van der Waals surface area contributed by atoms with Crippen LogP contribution in [0, 0.1) is 0 Å². The minimum Gasteiger partial charge on any atom is -0.455 e. The van der Waals surface area contributed by atoms with Gasteiger partial charge in [-0.2, -0.15) is 0 Å². The molecular weight excluding hydrogens is 308 g/mol. The van der Waals surface area contributed by atoms with E-state index in [1.54, 1.807) is 32.9 Å². The first-order valence-corrected chi connectivity index (χ1v) is 7.77. The van der Waals surface area contributed by atoms with Gasteiger partial charge in [0.25, 0.3) is 0 Å². The molecule has 24 heavy (non-hydrogen) atoms. The van der Waals surface area contributed by atoms with Gasteiger partial charge < -0.3 is 14.8 Å². The Hall–Kier alpha value is -2.63. The molecule has 1 unspecified atom stereocenters. The van der Waals surface area contributed by atoms with Crippen molar-refractivity contribution >= 4 is 23.5 Å². The van der Waals surface area contributed by atoms with Gasteiger partial charge in [-0.1, -0.05) is 24.3 Å². The van der Waals surface area contributed by atoms with Crippen molar-refractivity contribution in [3.05, 3.63) is 42.5 Å². The summed E-state index contributed by atoms with van der Waals surface area (Å²) in [5.41, 5.74) is 0.865. The van der Waals surface area contributed by atoms with Crippen molar-refractivity contribution in [3.63, 3.8) is 0 Å². The summed E-state index contributed by atoms with van der Waals surface area (Å²) >= 11 is 0. The Morgan fingerprint density at radius 1 is 1.33 bits per heavy atom. The third-order valence-electron chi connectivity index (χ3n) is 3.19. The monoisotopic (exact) mass is 330 g/mol. The largest absolute Gasteiger partial charge is 0.455 e. The maximum absolute atomic E-state index is 12.4. The zero-order valence-corrected chi connectivity index (χ0v) is 14.2. The van der Waals surface area contributed by atoms with E-state index in [2.05, 4.69) is 16.9 Å². The smallest absolute Gasteiger partial charge is 0.407 e. The maximum atomic E-state index is 12.4. The minimum atomic E-state index is -0.688. The Kier molecular flexibility index (Phi) is 5.39. The third kappa shape index (κ3) is 4.44. The normalized spacial score (nSPS) is 16.0. The second-order valence-electron chi connectivity index (χ2n) is 6.35. The van der Waals surface area contributed by atoms with E-state index in [-0.39, 0.29) is 12.3 Å². The van der Waals surface area contributed by atoms with Crippen LogP contribution in [0.2, 0.25) is 0 Å². The number of benzene rings is 1. The highest BCUT2D eigenvalue weighted by Crippen LogP contribution is 2.34. The fourth-order valence-electron chi connectivity index (χ4n) is 2.21. The number of hydrogen-bond acceptors (Lipinski definition) is 5. The molecule has 1 aliphatic rings. The average molecular weight is 330 g/mol. The molecule has 1 aromatic carbocycles. The fraction of sp³-hybridized carbons (Fsp3) is 0.389. The van der Waals surface area contributed by atoms with Crippen LogP contribution in [0.25, 0.3) is 0 Å². The number of aliphatic imine (C=N–C) groups is 1. The molecule has 0 fully saturated rings. The number of ether oxygens (including phenoxy) is 2. The van der Waals surface area contributed by atoms with E-state index >= 15 is 0 Å². The van der Waals surface area contributed by atoms with Crippen LogP contribution in [0.1, 0.15) is 38.8 Å². The second-order valence-corrected chi connectivity index (χ2v) is 6.35. The van der Waals surface area contributed by atoms with E-state index in [4.69, 9.17) is 9.47 Å². The molecule has 0 aliphatic carbocycles. The number of nitrogens with zero attached hydrogens (tertiary/aromatic N) is 1. The number of carbonyl (C=O) groups excluding carboxylic acids is 2. The summed E-state index contributed by atoms with van der Waals surface area (Å²) in [6, 6.07) is 6.55. The molecular formula is C18H22N2O4. The second kappa shape index (κ2) is 7.29. The van der Waals surface area contributed by atoms with Gasteiger partial charge in [0, 0.05) is 5.56 Å². The van der Waals surface area contributed by atoms with E-state index in [9.17, 15) is 9.59 Å². The van der Waals surface area contributed by atoms with Gasteiger partial charge in [-0.15, -0.1) is 6.58 Å². The zero-order valence-electron chi connectivity index (χ0n) is 14.2. The molecule has 128 valence electrons. The van der Waals surface area contributed by atoms with Gasteiger partial charge in [0.15, 0.2) is 5.71 Å². The molecule has 1 aromatic rings. The fourth-order valence-corrected chi connectivity index (χ4v) is 2.21. The van der Waals surface area contributed by atoms with Crippen molar-refractivity contribution in [1.82, 2.24) is 5.32 Å². The van der Waals surface area contributed by atoms with Crippen molar-refractivity contribution < 1.29 is 19.1 Å². The maximum Gasteiger partial charge on any atom is 0.407 e. The van der Waals surface area contributed by atoms with E-state index < -0.39 is 23.7 Å². The summed E-state index contributed by atoms with van der Waals surface area (Å²) in [6.45, 7) is 9.12. The Balaban J connectivity index is 2.18. The van der Waals surface area contributed by atoms with Crippen molar-refractivity contribution in [2.24, 2.45) is 4.99 Å². The van der Waals surface area contributed by atoms with Gasteiger partial charge in [-0.05, 0) is 33.3 Å². The molecule has 6 heteroatoms. The van der Waals surface area contributed by atoms with Crippen molar-refractivity contribution in [1.29, 1.82) is 0 Å².